The summed E-state index contributed by atoms with van der Waals surface area (Å²) in [4.78, 5) is 40.7. The van der Waals surface area contributed by atoms with Gasteiger partial charge in [-0.05, 0) is 0 Å². The van der Waals surface area contributed by atoms with E-state index < -0.39 is 24.0 Å². The van der Waals surface area contributed by atoms with Crippen LogP contribution in [-0.2, 0) is 19.2 Å². The number of aldehydes is 1. The highest BCUT2D eigenvalue weighted by Gasteiger charge is 2.09. The second-order valence-corrected chi connectivity index (χ2v) is 2.19. The first-order valence-electron chi connectivity index (χ1n) is 3.27. The molecule has 0 fully saturated rings. The van der Waals surface area contributed by atoms with Crippen molar-refractivity contribution in [2.24, 2.45) is 0 Å². The molecule has 12 heavy (non-hydrogen) atoms. The maximum atomic E-state index is 10.7. The van der Waals surface area contributed by atoms with E-state index >= 15 is 0 Å². The Morgan fingerprint density at radius 2 is 1.75 bits per heavy atom. The van der Waals surface area contributed by atoms with Crippen molar-refractivity contribution < 1.29 is 24.3 Å². The Morgan fingerprint density at radius 1 is 1.17 bits per heavy atom. The Bertz CT molecular complexity index is 218. The number of carbonyl (C=O) groups excluding carboxylic acids is 3. The highest BCUT2D eigenvalue weighted by atomic mass is 16.4. The first kappa shape index (κ1) is 10.5. The molecule has 0 aromatic carbocycles. The van der Waals surface area contributed by atoms with E-state index in [1.54, 1.807) is 0 Å². The summed E-state index contributed by atoms with van der Waals surface area (Å²) in [7, 11) is 0. The highest BCUT2D eigenvalue weighted by Crippen LogP contribution is 1.95. The van der Waals surface area contributed by atoms with E-state index in [0.29, 0.717) is 0 Å². The van der Waals surface area contributed by atoms with Gasteiger partial charge >= 0.3 is 5.97 Å². The topological polar surface area (TPSA) is 88.5 Å². The van der Waals surface area contributed by atoms with Crippen LogP contribution < -0.4 is 0 Å². The van der Waals surface area contributed by atoms with Gasteiger partial charge in [0.2, 0.25) is 5.78 Å². The Morgan fingerprint density at radius 3 is 2.17 bits per heavy atom. The summed E-state index contributed by atoms with van der Waals surface area (Å²) < 4.78 is 0. The number of rotatable bonds is 6. The van der Waals surface area contributed by atoms with Crippen LogP contribution in [-0.4, -0.2) is 28.9 Å². The summed E-state index contributed by atoms with van der Waals surface area (Å²) in [6.45, 7) is 0. The highest BCUT2D eigenvalue weighted by molar-refractivity contribution is 6.29. The number of Topliss-reactive ketones (excluding diaryl/α,β-unsaturated/α-hetero) is 2. The molecule has 5 heteroatoms. The molecule has 0 aromatic rings. The molecule has 0 atom stereocenters. The van der Waals surface area contributed by atoms with Crippen LogP contribution in [0.15, 0.2) is 0 Å². The summed E-state index contributed by atoms with van der Waals surface area (Å²) in [5.74, 6) is -2.43. The minimum atomic E-state index is -1.10. The van der Waals surface area contributed by atoms with Gasteiger partial charge in [-0.1, -0.05) is 0 Å². The molecule has 0 heterocycles. The van der Waals surface area contributed by atoms with E-state index in [0.717, 1.165) is 0 Å². The van der Waals surface area contributed by atoms with Crippen molar-refractivity contribution in [3.8, 4) is 0 Å². The van der Waals surface area contributed by atoms with Crippen molar-refractivity contribution in [2.45, 2.75) is 19.3 Å². The lowest BCUT2D eigenvalue weighted by atomic mass is 10.1. The van der Waals surface area contributed by atoms with Crippen molar-refractivity contribution in [3.63, 3.8) is 0 Å². The van der Waals surface area contributed by atoms with Crippen LogP contribution in [0.25, 0.3) is 0 Å². The maximum Gasteiger partial charge on any atom is 0.303 e. The molecule has 0 bridgehead atoms. The monoisotopic (exact) mass is 172 g/mol. The maximum absolute atomic E-state index is 10.7. The Hall–Kier alpha value is -1.52. The van der Waals surface area contributed by atoms with E-state index in [4.69, 9.17) is 5.11 Å². The molecule has 0 saturated heterocycles. The quantitative estimate of drug-likeness (QED) is 0.334. The van der Waals surface area contributed by atoms with E-state index in [-0.39, 0.29) is 19.1 Å². The Balaban J connectivity index is 3.67. The SMILES string of the molecule is O=CC(=O)CC(=O)CCC(=O)O. The fraction of sp³-hybridized carbons (Fsp3) is 0.429. The molecule has 0 aliphatic rings. The van der Waals surface area contributed by atoms with Crippen LogP contribution in [0, 0.1) is 0 Å². The molecule has 0 rings (SSSR count). The zero-order chi connectivity index (χ0) is 9.56. The number of carboxylic acids is 1. The van der Waals surface area contributed by atoms with Gasteiger partial charge in [-0.3, -0.25) is 19.2 Å². The zero-order valence-corrected chi connectivity index (χ0v) is 6.28. The molecule has 0 aromatic heterocycles. The smallest absolute Gasteiger partial charge is 0.303 e. The summed E-state index contributed by atoms with van der Waals surface area (Å²) in [6, 6.07) is 0. The fourth-order valence-electron chi connectivity index (χ4n) is 0.571. The predicted octanol–water partition coefficient (Wildman–Crippen LogP) is -0.422. The number of hydrogen-bond acceptors (Lipinski definition) is 4. The average Bonchev–Trinajstić information content (AvgIpc) is 2.00. The lowest BCUT2D eigenvalue weighted by Gasteiger charge is -1.92. The molecule has 5 nitrogen and oxygen atoms in total. The summed E-state index contributed by atoms with van der Waals surface area (Å²) in [6.07, 6.45) is -0.935. The predicted molar refractivity (Wildman–Crippen MR) is 37.6 cm³/mol. The minimum absolute atomic E-state index is 0.0542. The molecule has 0 unspecified atom stereocenters. The molecule has 0 saturated carbocycles. The number of aliphatic carboxylic acids is 1. The number of hydrogen-bond donors (Lipinski definition) is 1. The van der Waals surface area contributed by atoms with E-state index in [2.05, 4.69) is 0 Å². The van der Waals surface area contributed by atoms with Crippen LogP contribution in [0.5, 0.6) is 0 Å². The van der Waals surface area contributed by atoms with E-state index in [9.17, 15) is 19.2 Å². The van der Waals surface area contributed by atoms with Crippen LogP contribution in [0.2, 0.25) is 0 Å². The fourth-order valence-corrected chi connectivity index (χ4v) is 0.571. The molecule has 66 valence electrons. The standard InChI is InChI=1S/C7H8O5/c8-4-6(10)3-5(9)1-2-7(11)12/h4H,1-3H2,(H,11,12). The van der Waals surface area contributed by atoms with Gasteiger partial charge in [0, 0.05) is 6.42 Å². The Labute approximate surface area is 68.4 Å². The first-order valence-corrected chi connectivity index (χ1v) is 3.27. The normalized spacial score (nSPS) is 9.00. The van der Waals surface area contributed by atoms with Gasteiger partial charge in [0.05, 0.1) is 12.8 Å². The van der Waals surface area contributed by atoms with Crippen LogP contribution in [0.1, 0.15) is 19.3 Å². The van der Waals surface area contributed by atoms with Gasteiger partial charge in [-0.2, -0.15) is 0 Å². The van der Waals surface area contributed by atoms with Crippen molar-refractivity contribution >= 4 is 23.8 Å². The minimum Gasteiger partial charge on any atom is -0.481 e. The molecule has 0 aliphatic heterocycles. The molecule has 0 aliphatic carbocycles. The first-order chi connectivity index (χ1) is 5.56. The third kappa shape index (κ3) is 5.28. The van der Waals surface area contributed by atoms with Crippen LogP contribution in [0.3, 0.4) is 0 Å². The lowest BCUT2D eigenvalue weighted by Crippen LogP contribution is -2.10. The summed E-state index contributed by atoms with van der Waals surface area (Å²) in [5, 5.41) is 8.15. The lowest BCUT2D eigenvalue weighted by molar-refractivity contribution is -0.139. The molecule has 0 spiro atoms. The van der Waals surface area contributed by atoms with Crippen LogP contribution in [0.4, 0.5) is 0 Å². The second-order valence-electron chi connectivity index (χ2n) is 2.19. The summed E-state index contributed by atoms with van der Waals surface area (Å²) in [5.41, 5.74) is 0. The molecule has 1 N–H and O–H groups in total. The third-order valence-electron chi connectivity index (χ3n) is 1.12. The number of ketones is 2. The van der Waals surface area contributed by atoms with Crippen molar-refractivity contribution in [2.75, 3.05) is 0 Å². The Kier molecular flexibility index (Phi) is 4.52. The van der Waals surface area contributed by atoms with Gasteiger partial charge in [0.1, 0.15) is 5.78 Å². The van der Waals surface area contributed by atoms with Gasteiger partial charge in [0.25, 0.3) is 0 Å². The summed E-state index contributed by atoms with van der Waals surface area (Å²) >= 11 is 0. The van der Waals surface area contributed by atoms with Crippen molar-refractivity contribution in [3.05, 3.63) is 0 Å². The van der Waals surface area contributed by atoms with Crippen molar-refractivity contribution in [1.29, 1.82) is 0 Å². The number of carboxylic acid groups (broad SMARTS) is 1. The van der Waals surface area contributed by atoms with Crippen molar-refractivity contribution in [1.82, 2.24) is 0 Å². The van der Waals surface area contributed by atoms with Crippen LogP contribution >= 0.6 is 0 Å². The third-order valence-corrected chi connectivity index (χ3v) is 1.12. The van der Waals surface area contributed by atoms with Gasteiger partial charge < -0.3 is 5.11 Å². The molecular weight excluding hydrogens is 164 g/mol. The molecular formula is C7H8O5. The molecule has 0 amide bonds. The van der Waals surface area contributed by atoms with Gasteiger partial charge in [-0.25, -0.2) is 0 Å². The van der Waals surface area contributed by atoms with Gasteiger partial charge in [-0.15, -0.1) is 0 Å². The second kappa shape index (κ2) is 5.17. The average molecular weight is 172 g/mol. The van der Waals surface area contributed by atoms with Gasteiger partial charge in [0.15, 0.2) is 6.29 Å². The van der Waals surface area contributed by atoms with E-state index in [1.807, 2.05) is 0 Å². The zero-order valence-electron chi connectivity index (χ0n) is 6.28. The van der Waals surface area contributed by atoms with E-state index in [1.165, 1.54) is 0 Å². The number of carbonyl (C=O) groups is 4. The largest absolute Gasteiger partial charge is 0.481 e. The molecule has 0 radical (unpaired) electrons.